The van der Waals surface area contributed by atoms with E-state index in [2.05, 4.69) is 17.6 Å². The average Bonchev–Trinajstić information content (AvgIpc) is 3.43. The number of aliphatic carboxylic acids is 1. The third-order valence-electron chi connectivity index (χ3n) is 8.57. The topological polar surface area (TPSA) is 155 Å². The molecule has 12 nitrogen and oxygen atoms in total. The van der Waals surface area contributed by atoms with Crippen molar-refractivity contribution in [2.45, 2.75) is 134 Å². The van der Waals surface area contributed by atoms with Crippen LogP contribution in [0.15, 0.2) is 24.3 Å². The largest absolute Gasteiger partial charge is 0.480 e. The smallest absolute Gasteiger partial charge is 0.410 e. The number of carbonyl (C=O) groups excluding carboxylic acids is 4. The number of hydrogen-bond donors (Lipinski definition) is 3. The Hall–Kier alpha value is -3.83. The molecule has 3 aliphatic rings. The number of unbranched alkanes of at least 4 members (excludes halogenated alkanes) is 5. The second kappa shape index (κ2) is 14.5. The van der Waals surface area contributed by atoms with Gasteiger partial charge in [-0.25, -0.2) is 14.4 Å². The van der Waals surface area contributed by atoms with Gasteiger partial charge in [0.1, 0.15) is 29.3 Å². The summed E-state index contributed by atoms with van der Waals surface area (Å²) in [4.78, 5) is 68.3. The summed E-state index contributed by atoms with van der Waals surface area (Å²) in [5, 5.41) is 15.0. The third kappa shape index (κ3) is 9.11. The maximum atomic E-state index is 14.1. The first kappa shape index (κ1) is 34.1. The summed E-state index contributed by atoms with van der Waals surface area (Å²) in [6.07, 6.45) is 4.74. The van der Waals surface area contributed by atoms with Crippen molar-refractivity contribution in [1.29, 1.82) is 0 Å². The molecule has 45 heavy (non-hydrogen) atoms. The van der Waals surface area contributed by atoms with E-state index in [1.807, 2.05) is 24.3 Å². The van der Waals surface area contributed by atoms with Gasteiger partial charge in [0, 0.05) is 19.5 Å². The molecule has 0 radical (unpaired) electrons. The number of nitrogens with one attached hydrogen (secondary N) is 2. The number of amides is 4. The normalized spacial score (nSPS) is 20.6. The number of ether oxygens (including phenoxy) is 2. The summed E-state index contributed by atoms with van der Waals surface area (Å²) in [6, 6.07) is 5.68. The molecule has 12 heteroatoms. The summed E-state index contributed by atoms with van der Waals surface area (Å²) < 4.78 is 11.3. The highest BCUT2D eigenvalue weighted by Gasteiger charge is 2.54. The number of carboxylic acid groups (broad SMARTS) is 1. The number of fused-ring (bicyclic) bond motifs is 1. The minimum Gasteiger partial charge on any atom is -0.480 e. The van der Waals surface area contributed by atoms with E-state index in [1.54, 1.807) is 25.7 Å². The second-order valence-electron chi connectivity index (χ2n) is 13.5. The standard InChI is InChI=1S/C33H48N4O8/c1-5-6-7-8-9-10-15-25(34-30(42)45-32(2,3)4)28(39)37-21-24(18-26(37)27(38)35-33(16-17-33)29(40)41)44-31(43)36-19-22-13-11-12-14-23(22)20-36/h11-14,24-26H,5-10,15-21H2,1-4H3,(H,34,42)(H,35,38)(H,40,41)/t24-,25+,26+/m1/s1. The molecule has 248 valence electrons. The van der Waals surface area contributed by atoms with Crippen molar-refractivity contribution in [2.75, 3.05) is 6.54 Å². The average molecular weight is 629 g/mol. The molecule has 0 spiro atoms. The Morgan fingerprint density at radius 2 is 1.62 bits per heavy atom. The lowest BCUT2D eigenvalue weighted by molar-refractivity contribution is -0.145. The Morgan fingerprint density at radius 1 is 1.00 bits per heavy atom. The molecule has 1 aromatic rings. The summed E-state index contributed by atoms with van der Waals surface area (Å²) in [5.74, 6) is -2.25. The van der Waals surface area contributed by atoms with Gasteiger partial charge < -0.3 is 30.1 Å². The zero-order valence-corrected chi connectivity index (χ0v) is 26.9. The Balaban J connectivity index is 1.48. The van der Waals surface area contributed by atoms with E-state index < -0.39 is 59.3 Å². The van der Waals surface area contributed by atoms with Crippen molar-refractivity contribution < 1.29 is 38.6 Å². The van der Waals surface area contributed by atoms with Crippen LogP contribution in [0.1, 0.15) is 103 Å². The van der Waals surface area contributed by atoms with Crippen LogP contribution in [0.4, 0.5) is 9.59 Å². The van der Waals surface area contributed by atoms with Gasteiger partial charge in [0.05, 0.1) is 6.54 Å². The molecule has 2 heterocycles. The van der Waals surface area contributed by atoms with E-state index >= 15 is 0 Å². The van der Waals surface area contributed by atoms with E-state index in [4.69, 9.17) is 9.47 Å². The second-order valence-corrected chi connectivity index (χ2v) is 13.5. The van der Waals surface area contributed by atoms with E-state index in [9.17, 15) is 29.1 Å². The van der Waals surface area contributed by atoms with Crippen LogP contribution < -0.4 is 10.6 Å². The maximum Gasteiger partial charge on any atom is 0.410 e. The molecule has 1 saturated carbocycles. The monoisotopic (exact) mass is 628 g/mol. The minimum atomic E-state index is -1.35. The molecule has 1 aliphatic carbocycles. The number of nitrogens with zero attached hydrogens (tertiary/aromatic N) is 2. The van der Waals surface area contributed by atoms with Gasteiger partial charge in [0.25, 0.3) is 0 Å². The third-order valence-corrected chi connectivity index (χ3v) is 8.57. The van der Waals surface area contributed by atoms with Crippen molar-refractivity contribution in [2.24, 2.45) is 0 Å². The highest BCUT2D eigenvalue weighted by Crippen LogP contribution is 2.36. The first-order chi connectivity index (χ1) is 21.3. The molecular formula is C33H48N4O8. The summed E-state index contributed by atoms with van der Waals surface area (Å²) in [5.41, 5.74) is -0.0694. The number of carbonyl (C=O) groups is 5. The molecular weight excluding hydrogens is 580 g/mol. The van der Waals surface area contributed by atoms with Crippen molar-refractivity contribution in [1.82, 2.24) is 20.4 Å². The molecule has 2 aliphatic heterocycles. The number of hydrogen-bond acceptors (Lipinski definition) is 7. The van der Waals surface area contributed by atoms with Crippen LogP contribution in [0.2, 0.25) is 0 Å². The lowest BCUT2D eigenvalue weighted by Crippen LogP contribution is -2.56. The number of rotatable bonds is 13. The fourth-order valence-electron chi connectivity index (χ4n) is 5.93. The number of likely N-dealkylation sites (tertiary alicyclic amines) is 1. The van der Waals surface area contributed by atoms with Crippen LogP contribution in [0.3, 0.4) is 0 Å². The molecule has 1 saturated heterocycles. The van der Waals surface area contributed by atoms with Gasteiger partial charge in [-0.3, -0.25) is 14.5 Å². The zero-order chi connectivity index (χ0) is 32.8. The van der Waals surface area contributed by atoms with Crippen LogP contribution in [0.25, 0.3) is 0 Å². The van der Waals surface area contributed by atoms with Crippen molar-refractivity contribution in [3.63, 3.8) is 0 Å². The fourth-order valence-corrected chi connectivity index (χ4v) is 5.93. The molecule has 3 atom stereocenters. The van der Waals surface area contributed by atoms with Crippen LogP contribution in [0.5, 0.6) is 0 Å². The van der Waals surface area contributed by atoms with Crippen molar-refractivity contribution in [3.8, 4) is 0 Å². The van der Waals surface area contributed by atoms with Gasteiger partial charge in [-0.05, 0) is 51.2 Å². The SMILES string of the molecule is CCCCCCCC[C@H](NC(=O)OC(C)(C)C)C(=O)N1C[C@H](OC(=O)N2Cc3ccccc3C2)C[C@H]1C(=O)NC1(C(=O)O)CC1. The first-order valence-corrected chi connectivity index (χ1v) is 16.2. The first-order valence-electron chi connectivity index (χ1n) is 16.2. The van der Waals surface area contributed by atoms with Gasteiger partial charge in [-0.15, -0.1) is 0 Å². The molecule has 0 aromatic heterocycles. The molecule has 0 bridgehead atoms. The molecule has 3 N–H and O–H groups in total. The van der Waals surface area contributed by atoms with Crippen LogP contribution in [-0.4, -0.2) is 80.7 Å². The van der Waals surface area contributed by atoms with Crippen LogP contribution in [0, 0.1) is 0 Å². The fraction of sp³-hybridized carbons (Fsp3) is 0.667. The summed E-state index contributed by atoms with van der Waals surface area (Å²) in [7, 11) is 0. The van der Waals surface area contributed by atoms with Crippen LogP contribution >= 0.6 is 0 Å². The maximum absolute atomic E-state index is 14.1. The Bertz CT molecular complexity index is 1230. The van der Waals surface area contributed by atoms with E-state index in [0.717, 1.165) is 43.2 Å². The van der Waals surface area contributed by atoms with Crippen molar-refractivity contribution in [3.05, 3.63) is 35.4 Å². The molecule has 2 fully saturated rings. The summed E-state index contributed by atoms with van der Waals surface area (Å²) in [6.45, 7) is 8.06. The predicted molar refractivity (Wildman–Crippen MR) is 165 cm³/mol. The number of alkyl carbamates (subject to hydrolysis) is 1. The minimum absolute atomic E-state index is 0.00990. The lowest BCUT2D eigenvalue weighted by atomic mass is 10.0. The molecule has 4 amide bonds. The Labute approximate surface area is 265 Å². The Kier molecular flexibility index (Phi) is 11.0. The van der Waals surface area contributed by atoms with Crippen LogP contribution in [-0.2, 0) is 36.9 Å². The summed E-state index contributed by atoms with van der Waals surface area (Å²) >= 11 is 0. The number of benzene rings is 1. The van der Waals surface area contributed by atoms with Gasteiger partial charge in [0.15, 0.2) is 0 Å². The number of carboxylic acids is 1. The highest BCUT2D eigenvalue weighted by atomic mass is 16.6. The van der Waals surface area contributed by atoms with E-state index in [0.29, 0.717) is 38.8 Å². The highest BCUT2D eigenvalue weighted by molar-refractivity contribution is 5.95. The predicted octanol–water partition coefficient (Wildman–Crippen LogP) is 4.49. The van der Waals surface area contributed by atoms with Gasteiger partial charge in [-0.2, -0.15) is 0 Å². The molecule has 0 unspecified atom stereocenters. The zero-order valence-electron chi connectivity index (χ0n) is 26.9. The van der Waals surface area contributed by atoms with E-state index in [-0.39, 0.29) is 13.0 Å². The Morgan fingerprint density at radius 3 is 2.20 bits per heavy atom. The molecule has 4 rings (SSSR count). The van der Waals surface area contributed by atoms with Gasteiger partial charge >= 0.3 is 18.2 Å². The quantitative estimate of drug-likeness (QED) is 0.270. The van der Waals surface area contributed by atoms with E-state index in [1.165, 1.54) is 4.90 Å². The lowest BCUT2D eigenvalue weighted by Gasteiger charge is -2.30. The van der Waals surface area contributed by atoms with Gasteiger partial charge in [0.2, 0.25) is 11.8 Å². The van der Waals surface area contributed by atoms with Gasteiger partial charge in [-0.1, -0.05) is 69.7 Å². The molecule has 1 aromatic carbocycles. The van der Waals surface area contributed by atoms with Crippen molar-refractivity contribution >= 4 is 30.0 Å².